The SMILES string of the molecule is COc1ccc(Cc2cc([C@@H]3O[C@H](CO)[C@@H](O)[C@H](O)[C@H]3O)nnc2Cl)cc1. The van der Waals surface area contributed by atoms with E-state index in [2.05, 4.69) is 10.2 Å². The van der Waals surface area contributed by atoms with Crippen LogP contribution in [0.1, 0.15) is 22.9 Å². The summed E-state index contributed by atoms with van der Waals surface area (Å²) in [6, 6.07) is 9.07. The van der Waals surface area contributed by atoms with Gasteiger partial charge in [0.2, 0.25) is 0 Å². The molecule has 146 valence electrons. The first kappa shape index (κ1) is 19.9. The molecule has 0 unspecified atom stereocenters. The van der Waals surface area contributed by atoms with Crippen LogP contribution in [0.25, 0.3) is 0 Å². The molecule has 1 fully saturated rings. The molecular formula is C18H21ClN2O6. The molecule has 0 spiro atoms. The average molecular weight is 397 g/mol. The van der Waals surface area contributed by atoms with Crippen molar-refractivity contribution in [3.63, 3.8) is 0 Å². The van der Waals surface area contributed by atoms with Crippen LogP contribution >= 0.6 is 11.6 Å². The Labute approximate surface area is 161 Å². The molecule has 27 heavy (non-hydrogen) atoms. The maximum Gasteiger partial charge on any atom is 0.155 e. The third kappa shape index (κ3) is 4.21. The van der Waals surface area contributed by atoms with Crippen LogP contribution in [0.2, 0.25) is 5.15 Å². The molecule has 0 amide bonds. The Bertz CT molecular complexity index is 773. The molecule has 0 bridgehead atoms. The van der Waals surface area contributed by atoms with E-state index in [1.807, 2.05) is 24.3 Å². The lowest BCUT2D eigenvalue weighted by molar-refractivity contribution is -0.232. The van der Waals surface area contributed by atoms with Gasteiger partial charge in [-0.05, 0) is 29.3 Å². The van der Waals surface area contributed by atoms with Gasteiger partial charge in [-0.15, -0.1) is 5.10 Å². The maximum atomic E-state index is 10.3. The fourth-order valence-electron chi connectivity index (χ4n) is 3.01. The van der Waals surface area contributed by atoms with Crippen LogP contribution in [0.5, 0.6) is 5.75 Å². The molecule has 3 rings (SSSR count). The van der Waals surface area contributed by atoms with E-state index in [-0.39, 0.29) is 10.8 Å². The van der Waals surface area contributed by atoms with Gasteiger partial charge in [0, 0.05) is 6.42 Å². The Morgan fingerprint density at radius 1 is 1.07 bits per heavy atom. The number of ether oxygens (including phenoxy) is 2. The summed E-state index contributed by atoms with van der Waals surface area (Å²) in [7, 11) is 1.59. The van der Waals surface area contributed by atoms with E-state index >= 15 is 0 Å². The van der Waals surface area contributed by atoms with E-state index in [0.29, 0.717) is 12.0 Å². The van der Waals surface area contributed by atoms with Crippen molar-refractivity contribution in [1.29, 1.82) is 0 Å². The summed E-state index contributed by atoms with van der Waals surface area (Å²) < 4.78 is 10.7. The van der Waals surface area contributed by atoms with Gasteiger partial charge >= 0.3 is 0 Å². The molecule has 4 N–H and O–H groups in total. The lowest BCUT2D eigenvalue weighted by Crippen LogP contribution is -2.55. The van der Waals surface area contributed by atoms with Crippen LogP contribution in [0.4, 0.5) is 0 Å². The Hall–Kier alpha value is -1.81. The standard InChI is InChI=1S/C18H21ClN2O6/c1-26-11-4-2-9(3-5-11)6-10-7-12(20-21-18(10)19)17-16(25)15(24)14(23)13(8-22)27-17/h2-5,7,13-17,22-25H,6,8H2,1H3/t13-,14-,15+,16-,17+/m1/s1. The van der Waals surface area contributed by atoms with Gasteiger partial charge in [-0.3, -0.25) is 0 Å². The summed E-state index contributed by atoms with van der Waals surface area (Å²) >= 11 is 6.16. The molecule has 2 heterocycles. The quantitative estimate of drug-likeness (QED) is 0.566. The second-order valence-corrected chi connectivity index (χ2v) is 6.72. The normalized spacial score (nSPS) is 28.1. The third-order valence-electron chi connectivity index (χ3n) is 4.58. The van der Waals surface area contributed by atoms with Gasteiger partial charge in [-0.25, -0.2) is 0 Å². The van der Waals surface area contributed by atoms with Crippen molar-refractivity contribution in [2.24, 2.45) is 0 Å². The molecule has 1 aromatic carbocycles. The molecule has 0 aliphatic carbocycles. The van der Waals surface area contributed by atoms with Crippen molar-refractivity contribution in [3.8, 4) is 5.75 Å². The molecule has 8 nitrogen and oxygen atoms in total. The average Bonchev–Trinajstić information content (AvgIpc) is 2.69. The Morgan fingerprint density at radius 3 is 2.41 bits per heavy atom. The maximum absolute atomic E-state index is 10.3. The van der Waals surface area contributed by atoms with Gasteiger partial charge in [0.25, 0.3) is 0 Å². The summed E-state index contributed by atoms with van der Waals surface area (Å²) in [5.41, 5.74) is 1.87. The molecular weight excluding hydrogens is 376 g/mol. The number of aliphatic hydroxyl groups excluding tert-OH is 4. The molecule has 0 saturated carbocycles. The van der Waals surface area contributed by atoms with E-state index in [0.717, 1.165) is 11.3 Å². The minimum absolute atomic E-state index is 0.208. The highest BCUT2D eigenvalue weighted by Gasteiger charge is 2.44. The molecule has 9 heteroatoms. The lowest BCUT2D eigenvalue weighted by atomic mass is 9.93. The van der Waals surface area contributed by atoms with E-state index < -0.39 is 37.1 Å². The largest absolute Gasteiger partial charge is 0.497 e. The van der Waals surface area contributed by atoms with Crippen LogP contribution in [0.3, 0.4) is 0 Å². The van der Waals surface area contributed by atoms with E-state index in [4.69, 9.17) is 21.1 Å². The zero-order chi connectivity index (χ0) is 19.6. The summed E-state index contributed by atoms with van der Waals surface area (Å²) in [6.07, 6.45) is -5.95. The number of hydrogen-bond donors (Lipinski definition) is 4. The first-order valence-corrected chi connectivity index (χ1v) is 8.77. The number of aliphatic hydroxyl groups is 4. The van der Waals surface area contributed by atoms with Crippen LogP contribution < -0.4 is 4.74 Å². The third-order valence-corrected chi connectivity index (χ3v) is 4.90. The minimum Gasteiger partial charge on any atom is -0.497 e. The second kappa shape index (κ2) is 8.47. The summed E-state index contributed by atoms with van der Waals surface area (Å²) in [4.78, 5) is 0. The van der Waals surface area contributed by atoms with Crippen molar-refractivity contribution >= 4 is 11.6 Å². The van der Waals surface area contributed by atoms with Gasteiger partial charge < -0.3 is 29.9 Å². The van der Waals surface area contributed by atoms with Gasteiger partial charge in [-0.2, -0.15) is 5.10 Å². The smallest absolute Gasteiger partial charge is 0.155 e. The summed E-state index contributed by atoms with van der Waals surface area (Å²) in [5, 5.41) is 47.5. The van der Waals surface area contributed by atoms with Crippen LogP contribution in [-0.2, 0) is 11.2 Å². The molecule has 1 aromatic heterocycles. The molecule has 0 radical (unpaired) electrons. The molecule has 5 atom stereocenters. The first-order valence-electron chi connectivity index (χ1n) is 8.40. The predicted molar refractivity (Wildman–Crippen MR) is 95.6 cm³/mol. The predicted octanol–water partition coefficient (Wildman–Crippen LogP) is 0.244. The molecule has 1 saturated heterocycles. The van der Waals surface area contributed by atoms with Crippen molar-refractivity contribution < 1.29 is 29.9 Å². The molecule has 1 aliphatic rings. The van der Waals surface area contributed by atoms with Crippen molar-refractivity contribution in [1.82, 2.24) is 10.2 Å². The van der Waals surface area contributed by atoms with Crippen molar-refractivity contribution in [3.05, 3.63) is 52.3 Å². The number of hydrogen-bond acceptors (Lipinski definition) is 8. The van der Waals surface area contributed by atoms with E-state index in [1.165, 1.54) is 0 Å². The highest BCUT2D eigenvalue weighted by molar-refractivity contribution is 6.30. The summed E-state index contributed by atoms with van der Waals surface area (Å²) in [5.74, 6) is 0.736. The molecule has 1 aliphatic heterocycles. The van der Waals surface area contributed by atoms with Gasteiger partial charge in [-0.1, -0.05) is 23.7 Å². The highest BCUT2D eigenvalue weighted by Crippen LogP contribution is 2.32. The number of halogens is 1. The van der Waals surface area contributed by atoms with Crippen LogP contribution in [0.15, 0.2) is 30.3 Å². The monoisotopic (exact) mass is 396 g/mol. The van der Waals surface area contributed by atoms with Crippen LogP contribution in [0, 0.1) is 0 Å². The Kier molecular flexibility index (Phi) is 6.25. The number of nitrogens with zero attached hydrogens (tertiary/aromatic N) is 2. The number of benzene rings is 1. The van der Waals surface area contributed by atoms with Gasteiger partial charge in [0.1, 0.15) is 36.3 Å². The topological polar surface area (TPSA) is 125 Å². The fourth-order valence-corrected chi connectivity index (χ4v) is 3.16. The van der Waals surface area contributed by atoms with Gasteiger partial charge in [0.15, 0.2) is 5.15 Å². The fraction of sp³-hybridized carbons (Fsp3) is 0.444. The Balaban J connectivity index is 1.85. The van der Waals surface area contributed by atoms with Crippen molar-refractivity contribution in [2.75, 3.05) is 13.7 Å². The van der Waals surface area contributed by atoms with E-state index in [1.54, 1.807) is 13.2 Å². The number of rotatable bonds is 5. The van der Waals surface area contributed by atoms with Crippen LogP contribution in [-0.4, -0.2) is 68.8 Å². The van der Waals surface area contributed by atoms with E-state index in [9.17, 15) is 20.4 Å². The zero-order valence-electron chi connectivity index (χ0n) is 14.6. The van der Waals surface area contributed by atoms with Gasteiger partial charge in [0.05, 0.1) is 19.4 Å². The second-order valence-electron chi connectivity index (χ2n) is 6.36. The number of methoxy groups -OCH3 is 1. The molecule has 2 aromatic rings. The lowest BCUT2D eigenvalue weighted by Gasteiger charge is -2.39. The first-order chi connectivity index (χ1) is 12.9. The highest BCUT2D eigenvalue weighted by atomic mass is 35.5. The minimum atomic E-state index is -1.48. The summed E-state index contributed by atoms with van der Waals surface area (Å²) in [6.45, 7) is -0.513. The zero-order valence-corrected chi connectivity index (χ0v) is 15.3. The van der Waals surface area contributed by atoms with Crippen molar-refractivity contribution in [2.45, 2.75) is 36.9 Å². The number of aromatic nitrogens is 2. The Morgan fingerprint density at radius 2 is 1.78 bits per heavy atom.